The molecular formula is C12H8N4O3. The number of rotatable bonds is 2. The van der Waals surface area contributed by atoms with Crippen molar-refractivity contribution in [3.8, 4) is 0 Å². The summed E-state index contributed by atoms with van der Waals surface area (Å²) in [5, 5.41) is 2.65. The van der Waals surface area contributed by atoms with Crippen LogP contribution in [0.25, 0.3) is 11.1 Å². The Hall–Kier alpha value is -2.96. The van der Waals surface area contributed by atoms with Gasteiger partial charge in [0.25, 0.3) is 11.5 Å². The van der Waals surface area contributed by atoms with Crippen LogP contribution in [-0.4, -0.2) is 20.9 Å². The maximum absolute atomic E-state index is 11.9. The summed E-state index contributed by atoms with van der Waals surface area (Å²) in [5.41, 5.74) is 1.62. The minimum Gasteiger partial charge on any atom is -0.443 e. The normalized spacial score (nSPS) is 10.5. The summed E-state index contributed by atoms with van der Waals surface area (Å²) in [7, 11) is 0. The second-order valence-electron chi connectivity index (χ2n) is 3.79. The van der Waals surface area contributed by atoms with E-state index in [4.69, 9.17) is 4.42 Å². The number of nitrogens with one attached hydrogen (secondary N) is 2. The first-order valence-corrected chi connectivity index (χ1v) is 5.42. The number of carbonyl (C=O) groups is 1. The molecule has 7 heteroatoms. The van der Waals surface area contributed by atoms with E-state index in [2.05, 4.69) is 20.3 Å². The minimum absolute atomic E-state index is 0.125. The minimum atomic E-state index is -0.418. The van der Waals surface area contributed by atoms with Crippen molar-refractivity contribution in [2.45, 2.75) is 0 Å². The number of oxazole rings is 1. The van der Waals surface area contributed by atoms with Crippen LogP contribution in [0.2, 0.25) is 0 Å². The van der Waals surface area contributed by atoms with Gasteiger partial charge in [0.2, 0.25) is 0 Å². The fourth-order valence-corrected chi connectivity index (χ4v) is 1.60. The van der Waals surface area contributed by atoms with Crippen LogP contribution in [0, 0.1) is 0 Å². The van der Waals surface area contributed by atoms with Crippen LogP contribution in [0.4, 0.5) is 5.69 Å². The highest BCUT2D eigenvalue weighted by Gasteiger charge is 2.08. The van der Waals surface area contributed by atoms with E-state index in [1.165, 1.54) is 12.6 Å². The Morgan fingerprint density at radius 1 is 1.32 bits per heavy atom. The molecule has 3 aromatic rings. The van der Waals surface area contributed by atoms with Crippen molar-refractivity contribution in [2.24, 2.45) is 0 Å². The Balaban J connectivity index is 1.85. The molecule has 1 aromatic carbocycles. The van der Waals surface area contributed by atoms with Crippen molar-refractivity contribution in [2.75, 3.05) is 5.32 Å². The van der Waals surface area contributed by atoms with E-state index in [0.29, 0.717) is 16.8 Å². The quantitative estimate of drug-likeness (QED) is 0.716. The van der Waals surface area contributed by atoms with Crippen molar-refractivity contribution in [3.63, 3.8) is 0 Å². The third-order valence-electron chi connectivity index (χ3n) is 2.49. The summed E-state index contributed by atoms with van der Waals surface area (Å²) >= 11 is 0. The van der Waals surface area contributed by atoms with Crippen LogP contribution in [0.15, 0.2) is 46.2 Å². The molecule has 0 atom stereocenters. The molecule has 0 unspecified atom stereocenters. The fraction of sp³-hybridized carbons (Fsp3) is 0. The molecule has 19 heavy (non-hydrogen) atoms. The maximum atomic E-state index is 11.9. The van der Waals surface area contributed by atoms with E-state index in [-0.39, 0.29) is 11.3 Å². The van der Waals surface area contributed by atoms with Gasteiger partial charge >= 0.3 is 0 Å². The van der Waals surface area contributed by atoms with Gasteiger partial charge < -0.3 is 14.7 Å². The molecule has 7 nitrogen and oxygen atoms in total. The second kappa shape index (κ2) is 4.37. The zero-order valence-electron chi connectivity index (χ0n) is 9.58. The molecule has 2 heterocycles. The van der Waals surface area contributed by atoms with E-state index < -0.39 is 5.91 Å². The first kappa shape index (κ1) is 11.1. The summed E-state index contributed by atoms with van der Waals surface area (Å²) in [5.74, 6) is -0.418. The van der Waals surface area contributed by atoms with Gasteiger partial charge in [0, 0.05) is 11.9 Å². The van der Waals surface area contributed by atoms with Gasteiger partial charge in [0.15, 0.2) is 12.0 Å². The number of anilines is 1. The molecule has 0 saturated heterocycles. The van der Waals surface area contributed by atoms with E-state index >= 15 is 0 Å². The molecule has 0 fully saturated rings. The van der Waals surface area contributed by atoms with Crippen molar-refractivity contribution >= 4 is 22.7 Å². The van der Waals surface area contributed by atoms with Gasteiger partial charge in [-0.05, 0) is 18.2 Å². The van der Waals surface area contributed by atoms with Crippen molar-refractivity contribution in [1.82, 2.24) is 15.0 Å². The van der Waals surface area contributed by atoms with Crippen LogP contribution in [-0.2, 0) is 0 Å². The predicted octanol–water partition coefficient (Wildman–Crippen LogP) is 1.16. The largest absolute Gasteiger partial charge is 0.443 e. The lowest BCUT2D eigenvalue weighted by molar-refractivity contribution is 0.102. The number of fused-ring (bicyclic) bond motifs is 1. The molecule has 94 valence electrons. The Labute approximate surface area is 106 Å². The highest BCUT2D eigenvalue weighted by atomic mass is 16.3. The lowest BCUT2D eigenvalue weighted by Gasteiger charge is -2.03. The number of aromatic amines is 1. The zero-order valence-corrected chi connectivity index (χ0v) is 9.58. The van der Waals surface area contributed by atoms with Gasteiger partial charge in [-0.25, -0.2) is 9.97 Å². The van der Waals surface area contributed by atoms with Gasteiger partial charge in [-0.2, -0.15) is 0 Å². The molecule has 0 aliphatic carbocycles. The molecule has 2 N–H and O–H groups in total. The SMILES string of the molecule is O=C(Nc1ccc2ocnc2c1)c1c[nH]c(=O)cn1. The zero-order chi connectivity index (χ0) is 13.2. The Morgan fingerprint density at radius 2 is 2.21 bits per heavy atom. The Morgan fingerprint density at radius 3 is 3.00 bits per heavy atom. The molecule has 0 aliphatic rings. The number of benzene rings is 1. The van der Waals surface area contributed by atoms with E-state index in [9.17, 15) is 9.59 Å². The molecule has 3 rings (SSSR count). The highest BCUT2D eigenvalue weighted by molar-refractivity contribution is 6.03. The van der Waals surface area contributed by atoms with Gasteiger partial charge in [0.1, 0.15) is 11.2 Å². The molecular weight excluding hydrogens is 248 g/mol. The van der Waals surface area contributed by atoms with Gasteiger partial charge in [-0.1, -0.05) is 0 Å². The number of H-pyrrole nitrogens is 1. The Bertz CT molecular complexity index is 785. The first-order chi connectivity index (χ1) is 9.22. The topological polar surface area (TPSA) is 101 Å². The number of amides is 1. The van der Waals surface area contributed by atoms with E-state index in [1.807, 2.05) is 0 Å². The summed E-state index contributed by atoms with van der Waals surface area (Å²) in [6.45, 7) is 0. The van der Waals surface area contributed by atoms with Gasteiger partial charge in [0.05, 0.1) is 6.20 Å². The van der Waals surface area contributed by atoms with E-state index in [0.717, 1.165) is 6.20 Å². The average Bonchev–Trinajstić information content (AvgIpc) is 2.87. The first-order valence-electron chi connectivity index (χ1n) is 5.42. The smallest absolute Gasteiger partial charge is 0.275 e. The third-order valence-corrected chi connectivity index (χ3v) is 2.49. The van der Waals surface area contributed by atoms with Crippen LogP contribution < -0.4 is 10.9 Å². The maximum Gasteiger partial charge on any atom is 0.275 e. The van der Waals surface area contributed by atoms with Crippen molar-refractivity contribution < 1.29 is 9.21 Å². The molecule has 0 saturated carbocycles. The van der Waals surface area contributed by atoms with Crippen LogP contribution in [0.5, 0.6) is 0 Å². The second-order valence-corrected chi connectivity index (χ2v) is 3.79. The van der Waals surface area contributed by atoms with Gasteiger partial charge in [-0.3, -0.25) is 9.59 Å². The number of hydrogen-bond acceptors (Lipinski definition) is 5. The molecule has 0 spiro atoms. The molecule has 1 amide bonds. The lowest BCUT2D eigenvalue weighted by atomic mass is 10.3. The van der Waals surface area contributed by atoms with Crippen LogP contribution >= 0.6 is 0 Å². The van der Waals surface area contributed by atoms with E-state index in [1.54, 1.807) is 18.2 Å². The van der Waals surface area contributed by atoms with Gasteiger partial charge in [-0.15, -0.1) is 0 Å². The molecule has 0 radical (unpaired) electrons. The predicted molar refractivity (Wildman–Crippen MR) is 66.8 cm³/mol. The molecule has 2 aromatic heterocycles. The number of hydrogen-bond donors (Lipinski definition) is 2. The summed E-state index contributed by atoms with van der Waals surface area (Å²) < 4.78 is 5.10. The van der Waals surface area contributed by atoms with Crippen molar-refractivity contribution in [1.29, 1.82) is 0 Å². The summed E-state index contributed by atoms with van der Waals surface area (Å²) in [4.78, 5) is 32.8. The summed E-state index contributed by atoms with van der Waals surface area (Å²) in [6, 6.07) is 5.08. The Kier molecular flexibility index (Phi) is 2.57. The lowest BCUT2D eigenvalue weighted by Crippen LogP contribution is -2.16. The monoisotopic (exact) mass is 256 g/mol. The number of nitrogens with zero attached hydrogens (tertiary/aromatic N) is 2. The number of carbonyl (C=O) groups excluding carboxylic acids is 1. The summed E-state index contributed by atoms with van der Waals surface area (Å²) in [6.07, 6.45) is 3.64. The molecule has 0 aliphatic heterocycles. The molecule has 0 bridgehead atoms. The third kappa shape index (κ3) is 2.21. The standard InChI is InChI=1S/C12H8N4O3/c17-11-5-13-9(4-14-11)12(18)16-7-1-2-10-8(3-7)15-6-19-10/h1-6H,(H,14,17)(H,16,18). The highest BCUT2D eigenvalue weighted by Crippen LogP contribution is 2.17. The van der Waals surface area contributed by atoms with Crippen LogP contribution in [0.1, 0.15) is 10.5 Å². The fourth-order valence-electron chi connectivity index (χ4n) is 1.60. The van der Waals surface area contributed by atoms with Crippen molar-refractivity contribution in [3.05, 3.63) is 53.0 Å². The number of aromatic nitrogens is 3. The average molecular weight is 256 g/mol. The van der Waals surface area contributed by atoms with Crippen LogP contribution in [0.3, 0.4) is 0 Å².